The van der Waals surface area contributed by atoms with E-state index < -0.39 is 0 Å². The van der Waals surface area contributed by atoms with Crippen LogP contribution in [0.15, 0.2) is 42.9 Å². The van der Waals surface area contributed by atoms with Gasteiger partial charge in [-0.05, 0) is 38.3 Å². The predicted molar refractivity (Wildman–Crippen MR) is 108 cm³/mol. The van der Waals surface area contributed by atoms with E-state index in [-0.39, 0.29) is 11.9 Å². The second kappa shape index (κ2) is 6.45. The summed E-state index contributed by atoms with van der Waals surface area (Å²) in [5.74, 6) is 3.46. The zero-order chi connectivity index (χ0) is 20.2. The number of hydrogen-bond acceptors (Lipinski definition) is 6. The van der Waals surface area contributed by atoms with Crippen LogP contribution in [0, 0.1) is 12.7 Å². The highest BCUT2D eigenvalue weighted by atomic mass is 19.1. The number of fused-ring (bicyclic) bond motifs is 6. The number of nitrogens with zero attached hydrogens (tertiary/aromatic N) is 8. The summed E-state index contributed by atoms with van der Waals surface area (Å²) < 4.78 is 17.6. The number of rotatable bonds is 2. The topological polar surface area (TPSA) is 77.5 Å². The van der Waals surface area contributed by atoms with E-state index in [2.05, 4.69) is 29.6 Å². The second-order valence-electron chi connectivity index (χ2n) is 7.66. The Morgan fingerprint density at radius 3 is 2.97 bits per heavy atom. The second-order valence-corrected chi connectivity index (χ2v) is 7.66. The van der Waals surface area contributed by atoms with Crippen LogP contribution in [0.2, 0.25) is 0 Å². The van der Waals surface area contributed by atoms with Crippen LogP contribution in [0.3, 0.4) is 0 Å². The lowest BCUT2D eigenvalue weighted by atomic mass is 9.99. The maximum atomic E-state index is 13.8. The standard InChI is InChI=1S/C21H19FN8/c1-13-26-27-20-16-7-2-3-9-28(16)19-17(30(13)20)12-24-21(25-19)29-10-8-23-18(29)14-5-4-6-15(22)11-14/h4-6,8,10-12,16H,2-3,7,9H2,1H3. The third-order valence-electron chi connectivity index (χ3n) is 5.84. The summed E-state index contributed by atoms with van der Waals surface area (Å²) in [6.45, 7) is 2.87. The number of piperidine rings is 1. The highest BCUT2D eigenvalue weighted by Gasteiger charge is 2.37. The zero-order valence-electron chi connectivity index (χ0n) is 16.4. The van der Waals surface area contributed by atoms with E-state index in [1.54, 1.807) is 23.0 Å². The van der Waals surface area contributed by atoms with Crippen molar-refractivity contribution >= 4 is 5.82 Å². The largest absolute Gasteiger partial charge is 0.344 e. The van der Waals surface area contributed by atoms with Crippen LogP contribution in [0.25, 0.3) is 23.0 Å². The molecule has 150 valence electrons. The van der Waals surface area contributed by atoms with Crippen LogP contribution in [0.5, 0.6) is 0 Å². The smallest absolute Gasteiger partial charge is 0.237 e. The summed E-state index contributed by atoms with van der Waals surface area (Å²) in [6.07, 6.45) is 8.59. The van der Waals surface area contributed by atoms with Crippen molar-refractivity contribution < 1.29 is 4.39 Å². The normalized spacial score (nSPS) is 17.4. The van der Waals surface area contributed by atoms with Gasteiger partial charge in [-0.15, -0.1) is 10.2 Å². The molecular weight excluding hydrogens is 383 g/mol. The van der Waals surface area contributed by atoms with E-state index in [0.29, 0.717) is 17.3 Å². The average molecular weight is 402 g/mol. The Bertz CT molecular complexity index is 1260. The molecule has 5 heterocycles. The number of aryl methyl sites for hydroxylation is 1. The lowest BCUT2D eigenvalue weighted by Crippen LogP contribution is -2.39. The molecule has 0 spiro atoms. The van der Waals surface area contributed by atoms with Crippen molar-refractivity contribution in [2.45, 2.75) is 32.2 Å². The predicted octanol–water partition coefficient (Wildman–Crippen LogP) is 3.40. The first-order chi connectivity index (χ1) is 14.7. The average Bonchev–Trinajstić information content (AvgIpc) is 3.41. The van der Waals surface area contributed by atoms with E-state index in [1.807, 2.05) is 19.2 Å². The van der Waals surface area contributed by atoms with Crippen LogP contribution in [-0.4, -0.2) is 40.8 Å². The van der Waals surface area contributed by atoms with Gasteiger partial charge < -0.3 is 4.90 Å². The van der Waals surface area contributed by atoms with Crippen LogP contribution in [-0.2, 0) is 0 Å². The maximum absolute atomic E-state index is 13.8. The van der Waals surface area contributed by atoms with Crippen LogP contribution in [0.4, 0.5) is 10.2 Å². The maximum Gasteiger partial charge on any atom is 0.237 e. The van der Waals surface area contributed by atoms with Gasteiger partial charge in [0.2, 0.25) is 5.95 Å². The fraction of sp³-hybridized carbons (Fsp3) is 0.286. The lowest BCUT2D eigenvalue weighted by molar-refractivity contribution is 0.436. The summed E-state index contributed by atoms with van der Waals surface area (Å²) >= 11 is 0. The van der Waals surface area contributed by atoms with Gasteiger partial charge in [0.1, 0.15) is 23.2 Å². The fourth-order valence-corrected chi connectivity index (χ4v) is 4.49. The van der Waals surface area contributed by atoms with E-state index in [0.717, 1.165) is 49.0 Å². The van der Waals surface area contributed by atoms with E-state index in [9.17, 15) is 4.39 Å². The Kier molecular flexibility index (Phi) is 3.71. The van der Waals surface area contributed by atoms with Gasteiger partial charge in [-0.3, -0.25) is 9.13 Å². The molecule has 0 aliphatic carbocycles. The molecular formula is C21H19FN8. The molecule has 1 unspecified atom stereocenters. The third kappa shape index (κ3) is 2.47. The van der Waals surface area contributed by atoms with Crippen molar-refractivity contribution in [1.82, 2.24) is 34.3 Å². The quantitative estimate of drug-likeness (QED) is 0.511. The minimum atomic E-state index is -0.305. The minimum Gasteiger partial charge on any atom is -0.344 e. The Balaban J connectivity index is 1.51. The van der Waals surface area contributed by atoms with Crippen LogP contribution >= 0.6 is 0 Å². The van der Waals surface area contributed by atoms with Gasteiger partial charge in [0.15, 0.2) is 11.6 Å². The van der Waals surface area contributed by atoms with Crippen LogP contribution < -0.4 is 4.90 Å². The molecule has 0 N–H and O–H groups in total. The third-order valence-corrected chi connectivity index (χ3v) is 5.84. The first-order valence-electron chi connectivity index (χ1n) is 10.1. The molecule has 4 aromatic rings. The Morgan fingerprint density at radius 1 is 1.13 bits per heavy atom. The van der Waals surface area contributed by atoms with Gasteiger partial charge in [0.05, 0.1) is 12.2 Å². The molecule has 9 heteroatoms. The minimum absolute atomic E-state index is 0.167. The van der Waals surface area contributed by atoms with E-state index in [1.165, 1.54) is 12.1 Å². The molecule has 6 rings (SSSR count). The summed E-state index contributed by atoms with van der Waals surface area (Å²) in [5, 5.41) is 8.74. The molecule has 0 radical (unpaired) electrons. The van der Waals surface area contributed by atoms with Crippen molar-refractivity contribution in [1.29, 1.82) is 0 Å². The van der Waals surface area contributed by atoms with Crippen molar-refractivity contribution in [3.05, 3.63) is 60.3 Å². The van der Waals surface area contributed by atoms with Crippen molar-refractivity contribution in [3.8, 4) is 23.0 Å². The molecule has 1 fully saturated rings. The Labute approximate surface area is 172 Å². The zero-order valence-corrected chi connectivity index (χ0v) is 16.4. The molecule has 0 bridgehead atoms. The van der Waals surface area contributed by atoms with E-state index >= 15 is 0 Å². The van der Waals surface area contributed by atoms with Gasteiger partial charge >= 0.3 is 0 Å². The van der Waals surface area contributed by atoms with Gasteiger partial charge in [-0.1, -0.05) is 12.1 Å². The van der Waals surface area contributed by atoms with Gasteiger partial charge in [0, 0.05) is 24.5 Å². The number of imidazole rings is 1. The molecule has 2 aliphatic rings. The monoisotopic (exact) mass is 402 g/mol. The molecule has 0 amide bonds. The molecule has 30 heavy (non-hydrogen) atoms. The summed E-state index contributed by atoms with van der Waals surface area (Å²) in [4.78, 5) is 16.3. The summed E-state index contributed by atoms with van der Waals surface area (Å²) in [7, 11) is 0. The molecule has 3 aromatic heterocycles. The molecule has 2 aliphatic heterocycles. The molecule has 1 saturated heterocycles. The number of hydrogen-bond donors (Lipinski definition) is 0. The SMILES string of the molecule is Cc1nnc2n1-c1cnc(-n3ccnc3-c3cccc(F)c3)nc1N1CCCCC21. The Morgan fingerprint density at radius 2 is 2.07 bits per heavy atom. The lowest BCUT2D eigenvalue weighted by Gasteiger charge is -2.40. The highest BCUT2D eigenvalue weighted by molar-refractivity contribution is 5.64. The number of anilines is 1. The number of halogens is 1. The van der Waals surface area contributed by atoms with E-state index in [4.69, 9.17) is 4.98 Å². The van der Waals surface area contributed by atoms with Gasteiger partial charge in [0.25, 0.3) is 0 Å². The summed E-state index contributed by atoms with van der Waals surface area (Å²) in [6, 6.07) is 6.55. The molecule has 0 saturated carbocycles. The highest BCUT2D eigenvalue weighted by Crippen LogP contribution is 2.41. The summed E-state index contributed by atoms with van der Waals surface area (Å²) in [5.41, 5.74) is 1.57. The molecule has 1 atom stereocenters. The van der Waals surface area contributed by atoms with Crippen molar-refractivity contribution in [2.24, 2.45) is 0 Å². The van der Waals surface area contributed by atoms with Crippen LogP contribution in [0.1, 0.15) is 37.0 Å². The Hall–Kier alpha value is -3.62. The first kappa shape index (κ1) is 17.3. The number of benzene rings is 1. The van der Waals surface area contributed by atoms with Gasteiger partial charge in [-0.25, -0.2) is 14.4 Å². The fourth-order valence-electron chi connectivity index (χ4n) is 4.49. The van der Waals surface area contributed by atoms with Gasteiger partial charge in [-0.2, -0.15) is 4.98 Å². The first-order valence-corrected chi connectivity index (χ1v) is 10.1. The van der Waals surface area contributed by atoms with Crippen molar-refractivity contribution in [3.63, 3.8) is 0 Å². The number of aromatic nitrogens is 7. The van der Waals surface area contributed by atoms with Crippen molar-refractivity contribution in [2.75, 3.05) is 11.4 Å². The molecule has 8 nitrogen and oxygen atoms in total. The molecule has 1 aromatic carbocycles.